The molecule has 0 bridgehead atoms. The first-order valence-corrected chi connectivity index (χ1v) is 10.8. The summed E-state index contributed by atoms with van der Waals surface area (Å²) in [5, 5.41) is 12.1. The van der Waals surface area contributed by atoms with Crippen LogP contribution in [0.15, 0.2) is 5.38 Å². The summed E-state index contributed by atoms with van der Waals surface area (Å²) in [6.45, 7) is 6.14. The fourth-order valence-corrected chi connectivity index (χ4v) is 4.23. The van der Waals surface area contributed by atoms with Crippen LogP contribution in [0, 0.1) is 0 Å². The van der Waals surface area contributed by atoms with Gasteiger partial charge in [0.15, 0.2) is 0 Å². The quantitative estimate of drug-likeness (QED) is 0.700. The molecule has 0 saturated carbocycles. The van der Waals surface area contributed by atoms with E-state index in [2.05, 4.69) is 23.7 Å². The third-order valence-corrected chi connectivity index (χ3v) is 6.27. The van der Waals surface area contributed by atoms with Crippen molar-refractivity contribution >= 4 is 27.3 Å². The molecule has 1 N–H and O–H groups in total. The highest BCUT2D eigenvalue weighted by Crippen LogP contribution is 2.20. The smallest absolute Gasteiger partial charge is 0.318 e. The minimum Gasteiger partial charge on any atom is -0.480 e. The number of aliphatic carboxylic acids is 1. The van der Waals surface area contributed by atoms with Crippen LogP contribution in [0.25, 0.3) is 0 Å². The lowest BCUT2D eigenvalue weighted by Gasteiger charge is -2.34. The number of morpholine rings is 1. The first-order valence-electron chi connectivity index (χ1n) is 8.10. The van der Waals surface area contributed by atoms with Crippen LogP contribution in [-0.4, -0.2) is 78.8 Å². The van der Waals surface area contributed by atoms with Gasteiger partial charge in [0.2, 0.25) is 10.0 Å². The summed E-state index contributed by atoms with van der Waals surface area (Å²) >= 11 is 1.65. The molecule has 0 radical (unpaired) electrons. The Labute approximate surface area is 152 Å². The zero-order valence-electron chi connectivity index (χ0n) is 14.7. The lowest BCUT2D eigenvalue weighted by Crippen LogP contribution is -2.49. The van der Waals surface area contributed by atoms with Crippen molar-refractivity contribution in [2.45, 2.75) is 32.4 Å². The predicted molar refractivity (Wildman–Crippen MR) is 95.3 cm³/mol. The van der Waals surface area contributed by atoms with E-state index in [9.17, 15) is 13.2 Å². The number of hydrogen-bond acceptors (Lipinski definition) is 7. The fraction of sp³-hybridized carbons (Fsp3) is 0.733. The number of carboxylic acids is 1. The van der Waals surface area contributed by atoms with Crippen molar-refractivity contribution < 1.29 is 23.1 Å². The molecule has 2 heterocycles. The Balaban J connectivity index is 1.95. The molecule has 1 unspecified atom stereocenters. The first-order chi connectivity index (χ1) is 11.6. The van der Waals surface area contributed by atoms with Gasteiger partial charge in [-0.3, -0.25) is 9.69 Å². The lowest BCUT2D eigenvalue weighted by atomic mass is 10.2. The molecule has 1 atom stereocenters. The highest BCUT2D eigenvalue weighted by molar-refractivity contribution is 7.88. The number of ether oxygens (including phenoxy) is 1. The molecular formula is C15H25N3O5S2. The number of nitrogens with zero attached hydrogens (tertiary/aromatic N) is 3. The first kappa shape index (κ1) is 20.2. The molecule has 1 fully saturated rings. The maximum Gasteiger partial charge on any atom is 0.318 e. The van der Waals surface area contributed by atoms with E-state index in [4.69, 9.17) is 9.84 Å². The number of aromatic nitrogens is 1. The predicted octanol–water partition coefficient (Wildman–Crippen LogP) is 0.814. The Morgan fingerprint density at radius 3 is 2.84 bits per heavy atom. The van der Waals surface area contributed by atoms with Gasteiger partial charge in [-0.05, 0) is 0 Å². The van der Waals surface area contributed by atoms with Crippen LogP contribution in [0.3, 0.4) is 0 Å². The van der Waals surface area contributed by atoms with E-state index in [1.54, 1.807) is 11.3 Å². The van der Waals surface area contributed by atoms with E-state index in [1.807, 2.05) is 5.38 Å². The number of carbonyl (C=O) groups is 1. The van der Waals surface area contributed by atoms with Gasteiger partial charge in [0, 0.05) is 37.5 Å². The minimum atomic E-state index is -3.60. The SMILES string of the molecule is CC(C)c1nc(CN2CCOC(CN(CC(=O)O)S(C)(=O)=O)C2)cs1. The van der Waals surface area contributed by atoms with Crippen LogP contribution in [0.2, 0.25) is 0 Å². The van der Waals surface area contributed by atoms with Crippen molar-refractivity contribution in [2.24, 2.45) is 0 Å². The Bertz CT molecular complexity index is 689. The van der Waals surface area contributed by atoms with E-state index in [0.29, 0.717) is 25.6 Å². The largest absolute Gasteiger partial charge is 0.480 e. The number of rotatable bonds is 8. The summed E-state index contributed by atoms with van der Waals surface area (Å²) < 4.78 is 30.1. The molecule has 0 spiro atoms. The lowest BCUT2D eigenvalue weighted by molar-refractivity contribution is -0.137. The molecule has 1 aromatic heterocycles. The average molecular weight is 392 g/mol. The van der Waals surface area contributed by atoms with Crippen LogP contribution in [0.1, 0.15) is 30.5 Å². The zero-order chi connectivity index (χ0) is 18.6. The van der Waals surface area contributed by atoms with Gasteiger partial charge >= 0.3 is 5.97 Å². The van der Waals surface area contributed by atoms with E-state index in [-0.39, 0.29) is 12.6 Å². The molecule has 1 saturated heterocycles. The van der Waals surface area contributed by atoms with Crippen molar-refractivity contribution in [2.75, 3.05) is 39.0 Å². The van der Waals surface area contributed by atoms with Crippen molar-refractivity contribution in [1.82, 2.24) is 14.2 Å². The molecule has 1 aromatic rings. The van der Waals surface area contributed by atoms with Crippen LogP contribution >= 0.6 is 11.3 Å². The van der Waals surface area contributed by atoms with E-state index in [1.165, 1.54) is 0 Å². The second-order valence-electron chi connectivity index (χ2n) is 6.51. The van der Waals surface area contributed by atoms with Crippen molar-refractivity contribution in [3.05, 3.63) is 16.1 Å². The zero-order valence-corrected chi connectivity index (χ0v) is 16.3. The van der Waals surface area contributed by atoms with Crippen molar-refractivity contribution in [3.63, 3.8) is 0 Å². The summed E-state index contributed by atoms with van der Waals surface area (Å²) in [6, 6.07) is 0. The maximum absolute atomic E-state index is 11.8. The van der Waals surface area contributed by atoms with Gasteiger partial charge in [-0.15, -0.1) is 11.3 Å². The normalized spacial score (nSPS) is 19.6. The van der Waals surface area contributed by atoms with Crippen molar-refractivity contribution in [3.8, 4) is 0 Å². The molecule has 2 rings (SSSR count). The summed E-state index contributed by atoms with van der Waals surface area (Å²) in [4.78, 5) is 17.7. The van der Waals surface area contributed by atoms with E-state index >= 15 is 0 Å². The monoisotopic (exact) mass is 391 g/mol. The topological polar surface area (TPSA) is 100 Å². The summed E-state index contributed by atoms with van der Waals surface area (Å²) in [7, 11) is -3.60. The Hall–Kier alpha value is -1.07. The van der Waals surface area contributed by atoms with Crippen LogP contribution < -0.4 is 0 Å². The second kappa shape index (κ2) is 8.54. The second-order valence-corrected chi connectivity index (χ2v) is 9.38. The van der Waals surface area contributed by atoms with E-state index in [0.717, 1.165) is 27.8 Å². The Kier molecular flexibility index (Phi) is 6.92. The van der Waals surface area contributed by atoms with Gasteiger partial charge in [-0.1, -0.05) is 13.8 Å². The van der Waals surface area contributed by atoms with Crippen LogP contribution in [-0.2, 0) is 26.1 Å². The molecule has 10 heteroatoms. The third kappa shape index (κ3) is 6.30. The molecule has 0 aliphatic carbocycles. The minimum absolute atomic E-state index is 0.0376. The summed E-state index contributed by atoms with van der Waals surface area (Å²) in [6.07, 6.45) is 0.658. The van der Waals surface area contributed by atoms with Gasteiger partial charge in [-0.2, -0.15) is 4.31 Å². The number of carboxylic acid groups (broad SMARTS) is 1. The highest BCUT2D eigenvalue weighted by Gasteiger charge is 2.28. The molecular weight excluding hydrogens is 366 g/mol. The summed E-state index contributed by atoms with van der Waals surface area (Å²) in [5.74, 6) is -0.780. The molecule has 1 aliphatic rings. The Morgan fingerprint density at radius 2 is 2.28 bits per heavy atom. The fourth-order valence-electron chi connectivity index (χ4n) is 2.62. The van der Waals surface area contributed by atoms with Crippen molar-refractivity contribution in [1.29, 1.82) is 0 Å². The van der Waals surface area contributed by atoms with Crippen LogP contribution in [0.5, 0.6) is 0 Å². The van der Waals surface area contributed by atoms with Crippen LogP contribution in [0.4, 0.5) is 0 Å². The summed E-state index contributed by atoms with van der Waals surface area (Å²) in [5.41, 5.74) is 1.000. The number of sulfonamides is 1. The van der Waals surface area contributed by atoms with E-state index < -0.39 is 22.5 Å². The average Bonchev–Trinajstić information content (AvgIpc) is 2.94. The van der Waals surface area contributed by atoms with Gasteiger partial charge in [0.25, 0.3) is 0 Å². The van der Waals surface area contributed by atoms with Gasteiger partial charge in [0.05, 0.1) is 29.7 Å². The van der Waals surface area contributed by atoms with Gasteiger partial charge in [-0.25, -0.2) is 13.4 Å². The molecule has 142 valence electrons. The Morgan fingerprint density at radius 1 is 1.56 bits per heavy atom. The number of thiazole rings is 1. The molecule has 25 heavy (non-hydrogen) atoms. The van der Waals surface area contributed by atoms with Gasteiger partial charge < -0.3 is 9.84 Å². The molecule has 0 amide bonds. The molecule has 0 aromatic carbocycles. The molecule has 8 nitrogen and oxygen atoms in total. The third-order valence-electron chi connectivity index (χ3n) is 3.86. The molecule has 1 aliphatic heterocycles. The number of hydrogen-bond donors (Lipinski definition) is 1. The van der Waals surface area contributed by atoms with Gasteiger partial charge in [0.1, 0.15) is 6.54 Å². The highest BCUT2D eigenvalue weighted by atomic mass is 32.2. The standard InChI is InChI=1S/C15H25N3O5S2/c1-11(2)15-16-12(10-24-15)6-17-4-5-23-13(7-17)8-18(9-14(19)20)25(3,21)22/h10-11,13H,4-9H2,1-3H3,(H,19,20). The maximum atomic E-state index is 11.8.